The Labute approximate surface area is 126 Å². The number of nitrogens with one attached hydrogen (secondary N) is 1. The first-order chi connectivity index (χ1) is 10.0. The number of rotatable bonds is 6. The van der Waals surface area contributed by atoms with E-state index in [0.29, 0.717) is 12.0 Å². The molecule has 1 unspecified atom stereocenters. The number of aliphatic hydroxyl groups is 1. The van der Waals surface area contributed by atoms with E-state index in [-0.39, 0.29) is 18.0 Å². The van der Waals surface area contributed by atoms with Gasteiger partial charge in [0.2, 0.25) is 0 Å². The van der Waals surface area contributed by atoms with Crippen molar-refractivity contribution in [2.24, 2.45) is 5.92 Å². The summed E-state index contributed by atoms with van der Waals surface area (Å²) in [6, 6.07) is 5.38. The van der Waals surface area contributed by atoms with Crippen LogP contribution in [0.15, 0.2) is 18.2 Å². The topological polar surface area (TPSA) is 35.5 Å². The van der Waals surface area contributed by atoms with Crippen molar-refractivity contribution < 1.29 is 9.50 Å². The number of benzene rings is 1. The van der Waals surface area contributed by atoms with Gasteiger partial charge in [0, 0.05) is 24.8 Å². The minimum atomic E-state index is -0.262. The molecule has 0 saturated heterocycles. The molecule has 1 saturated carbocycles. The highest BCUT2D eigenvalue weighted by molar-refractivity contribution is 5.58. The van der Waals surface area contributed by atoms with E-state index >= 15 is 0 Å². The lowest BCUT2D eigenvalue weighted by Gasteiger charge is -2.39. The molecular formula is C17H25FN2O. The molecule has 0 radical (unpaired) electrons. The minimum Gasteiger partial charge on any atom is -0.394 e. The van der Waals surface area contributed by atoms with Gasteiger partial charge in [-0.3, -0.25) is 0 Å². The van der Waals surface area contributed by atoms with Crippen LogP contribution in [-0.2, 0) is 6.42 Å². The van der Waals surface area contributed by atoms with E-state index in [0.717, 1.165) is 25.2 Å². The molecule has 0 amide bonds. The second kappa shape index (κ2) is 5.58. The van der Waals surface area contributed by atoms with Crippen molar-refractivity contribution in [3.05, 3.63) is 29.6 Å². The van der Waals surface area contributed by atoms with Crippen molar-refractivity contribution in [1.82, 2.24) is 5.32 Å². The Hall–Kier alpha value is -1.13. The highest BCUT2D eigenvalue weighted by Gasteiger charge is 2.46. The van der Waals surface area contributed by atoms with Gasteiger partial charge in [0.15, 0.2) is 0 Å². The van der Waals surface area contributed by atoms with Crippen molar-refractivity contribution in [3.8, 4) is 0 Å². The summed E-state index contributed by atoms with van der Waals surface area (Å²) in [6.07, 6.45) is 3.30. The van der Waals surface area contributed by atoms with Gasteiger partial charge in [0.1, 0.15) is 5.82 Å². The average molecular weight is 292 g/mol. The Morgan fingerprint density at radius 1 is 1.43 bits per heavy atom. The van der Waals surface area contributed by atoms with E-state index in [1.807, 2.05) is 6.07 Å². The molecule has 1 aliphatic carbocycles. The summed E-state index contributed by atoms with van der Waals surface area (Å²) in [5, 5.41) is 13.6. The summed E-state index contributed by atoms with van der Waals surface area (Å²) in [5.74, 6) is 0.348. The van der Waals surface area contributed by atoms with E-state index in [1.54, 1.807) is 6.07 Å². The summed E-state index contributed by atoms with van der Waals surface area (Å²) in [5.41, 5.74) is 1.95. The minimum absolute atomic E-state index is 0.136. The van der Waals surface area contributed by atoms with Crippen molar-refractivity contribution in [1.29, 1.82) is 0 Å². The van der Waals surface area contributed by atoms with E-state index < -0.39 is 0 Å². The normalized spacial score (nSPS) is 20.7. The van der Waals surface area contributed by atoms with Gasteiger partial charge in [0.05, 0.1) is 12.1 Å². The number of halogens is 1. The van der Waals surface area contributed by atoms with Crippen LogP contribution in [0.25, 0.3) is 0 Å². The molecule has 116 valence electrons. The number of aliphatic hydroxyl groups excluding tert-OH is 1. The first kappa shape index (κ1) is 14.8. The Kier molecular flexibility index (Phi) is 3.93. The third kappa shape index (κ3) is 2.92. The molecule has 1 heterocycles. The number of fused-ring (bicyclic) bond motifs is 1. The van der Waals surface area contributed by atoms with Gasteiger partial charge in [-0.1, -0.05) is 19.9 Å². The van der Waals surface area contributed by atoms with Crippen LogP contribution in [0, 0.1) is 11.7 Å². The molecule has 0 spiro atoms. The zero-order valence-corrected chi connectivity index (χ0v) is 12.9. The van der Waals surface area contributed by atoms with E-state index in [2.05, 4.69) is 24.1 Å². The van der Waals surface area contributed by atoms with Gasteiger partial charge >= 0.3 is 0 Å². The van der Waals surface area contributed by atoms with Gasteiger partial charge in [-0.15, -0.1) is 0 Å². The molecule has 21 heavy (non-hydrogen) atoms. The van der Waals surface area contributed by atoms with Crippen LogP contribution < -0.4 is 10.2 Å². The summed E-state index contributed by atoms with van der Waals surface area (Å²) < 4.78 is 13.5. The van der Waals surface area contributed by atoms with Crippen molar-refractivity contribution in [2.45, 2.75) is 44.7 Å². The molecule has 4 heteroatoms. The first-order valence-electron chi connectivity index (χ1n) is 7.96. The molecule has 0 bridgehead atoms. The van der Waals surface area contributed by atoms with Gasteiger partial charge in [-0.2, -0.15) is 0 Å². The Morgan fingerprint density at radius 3 is 2.81 bits per heavy atom. The lowest BCUT2D eigenvalue weighted by atomic mass is 9.92. The van der Waals surface area contributed by atoms with Gasteiger partial charge in [-0.05, 0) is 42.9 Å². The monoisotopic (exact) mass is 292 g/mol. The molecular weight excluding hydrogens is 267 g/mol. The van der Waals surface area contributed by atoms with Crippen LogP contribution >= 0.6 is 0 Å². The maximum atomic E-state index is 13.5. The van der Waals surface area contributed by atoms with Crippen molar-refractivity contribution >= 4 is 5.69 Å². The zero-order chi connectivity index (χ0) is 15.0. The predicted molar refractivity (Wildman–Crippen MR) is 83.1 cm³/mol. The Balaban J connectivity index is 1.83. The highest BCUT2D eigenvalue weighted by Crippen LogP contribution is 2.42. The van der Waals surface area contributed by atoms with Crippen LogP contribution in [0.1, 0.15) is 32.3 Å². The van der Waals surface area contributed by atoms with Crippen LogP contribution in [0.4, 0.5) is 10.1 Å². The fourth-order valence-corrected chi connectivity index (χ4v) is 3.65. The maximum absolute atomic E-state index is 13.5. The maximum Gasteiger partial charge on any atom is 0.125 e. The molecule has 1 atom stereocenters. The fraction of sp³-hybridized carbons (Fsp3) is 0.647. The predicted octanol–water partition coefficient (Wildman–Crippen LogP) is 2.33. The standard InChI is InChI=1S/C17H25FN2O/c1-12(2)19-17(11-21,14-4-5-14)10-20-8-7-13-3-6-15(18)9-16(13)20/h3,6,9,12,14,19,21H,4-5,7-8,10-11H2,1-2H3. The molecule has 0 aromatic heterocycles. The van der Waals surface area contributed by atoms with E-state index in [9.17, 15) is 9.50 Å². The highest BCUT2D eigenvalue weighted by atomic mass is 19.1. The van der Waals surface area contributed by atoms with Crippen molar-refractivity contribution in [3.63, 3.8) is 0 Å². The van der Waals surface area contributed by atoms with Crippen LogP contribution in [0.3, 0.4) is 0 Å². The van der Waals surface area contributed by atoms with Gasteiger partial charge in [0.25, 0.3) is 0 Å². The van der Waals surface area contributed by atoms with Gasteiger partial charge < -0.3 is 15.3 Å². The summed E-state index contributed by atoms with van der Waals surface area (Å²) in [7, 11) is 0. The molecule has 1 fully saturated rings. The molecule has 1 aliphatic heterocycles. The van der Waals surface area contributed by atoms with Crippen molar-refractivity contribution in [2.75, 3.05) is 24.6 Å². The molecule has 3 nitrogen and oxygen atoms in total. The van der Waals surface area contributed by atoms with E-state index in [4.69, 9.17) is 0 Å². The molecule has 3 rings (SSSR count). The zero-order valence-electron chi connectivity index (χ0n) is 12.9. The third-order valence-electron chi connectivity index (χ3n) is 4.73. The van der Waals surface area contributed by atoms with Crippen LogP contribution in [0.2, 0.25) is 0 Å². The first-order valence-corrected chi connectivity index (χ1v) is 7.96. The van der Waals surface area contributed by atoms with Gasteiger partial charge in [-0.25, -0.2) is 4.39 Å². The third-order valence-corrected chi connectivity index (χ3v) is 4.73. The molecule has 2 N–H and O–H groups in total. The SMILES string of the molecule is CC(C)NC(CO)(CN1CCc2ccc(F)cc21)C1CC1. The molecule has 1 aromatic rings. The molecule has 1 aromatic carbocycles. The number of hydrogen-bond acceptors (Lipinski definition) is 3. The second-order valence-corrected chi connectivity index (χ2v) is 6.83. The number of nitrogens with zero attached hydrogens (tertiary/aromatic N) is 1. The molecule has 2 aliphatic rings. The smallest absolute Gasteiger partial charge is 0.125 e. The second-order valence-electron chi connectivity index (χ2n) is 6.83. The summed E-state index contributed by atoms with van der Waals surface area (Å²) >= 11 is 0. The van der Waals surface area contributed by atoms with Crippen LogP contribution in [0.5, 0.6) is 0 Å². The lowest BCUT2D eigenvalue weighted by Crippen LogP contribution is -2.60. The Bertz CT molecular complexity index is 516. The quantitative estimate of drug-likeness (QED) is 0.845. The summed E-state index contributed by atoms with van der Waals surface area (Å²) in [6.45, 7) is 6.03. The largest absolute Gasteiger partial charge is 0.394 e. The summed E-state index contributed by atoms with van der Waals surface area (Å²) in [4.78, 5) is 2.24. The Morgan fingerprint density at radius 2 is 2.19 bits per heavy atom. The van der Waals surface area contributed by atoms with Crippen LogP contribution in [-0.4, -0.2) is 36.4 Å². The number of anilines is 1. The fourth-order valence-electron chi connectivity index (χ4n) is 3.65. The average Bonchev–Trinajstić information content (AvgIpc) is 3.22. The number of hydrogen-bond donors (Lipinski definition) is 2. The lowest BCUT2D eigenvalue weighted by molar-refractivity contribution is 0.135. The van der Waals surface area contributed by atoms with E-state index in [1.165, 1.54) is 24.5 Å².